The molecule has 6 nitrogen and oxygen atoms in total. The minimum absolute atomic E-state index is 0. The van der Waals surface area contributed by atoms with Gasteiger partial charge in [0, 0.05) is 18.1 Å². The molecule has 0 saturated carbocycles. The fraction of sp³-hybridized carbons (Fsp3) is 0.216. The van der Waals surface area contributed by atoms with Crippen LogP contribution in [0.15, 0.2) is 134 Å². The predicted molar refractivity (Wildman–Crippen MR) is 191 cm³/mol. The fourth-order valence-electron chi connectivity index (χ4n) is 5.00. The molecule has 1 heterocycles. The van der Waals surface area contributed by atoms with E-state index in [0.717, 1.165) is 28.1 Å². The molecule has 0 aliphatic rings. The molecule has 1 aromatic heterocycles. The number of H-pyrrole nitrogens is 1. The molecule has 0 fully saturated rings. The van der Waals surface area contributed by atoms with E-state index in [0.29, 0.717) is 5.75 Å². The summed E-state index contributed by atoms with van der Waals surface area (Å²) in [4.78, 5) is 34.9. The number of esters is 1. The van der Waals surface area contributed by atoms with Gasteiger partial charge in [0.25, 0.3) is 0 Å². The molecule has 5 rings (SSSR count). The van der Waals surface area contributed by atoms with E-state index in [-0.39, 0.29) is 30.7 Å². The lowest BCUT2D eigenvalue weighted by Crippen LogP contribution is -2.50. The second kappa shape index (κ2) is 16.5. The van der Waals surface area contributed by atoms with Crippen LogP contribution in [0.25, 0.3) is 0 Å². The Labute approximate surface area is 285 Å². The van der Waals surface area contributed by atoms with E-state index in [1.54, 1.807) is 24.2 Å². The highest BCUT2D eigenvalue weighted by atomic mass is 35.5. The molecule has 0 aliphatic heterocycles. The molecule has 4 aromatic carbocycles. The first-order valence-corrected chi connectivity index (χ1v) is 16.8. The number of benzene rings is 4. The van der Waals surface area contributed by atoms with Crippen molar-refractivity contribution in [2.75, 3.05) is 5.75 Å². The Bertz CT molecular complexity index is 1540. The van der Waals surface area contributed by atoms with E-state index in [2.05, 4.69) is 51.7 Å². The number of carbonyl (C=O) groups excluding carboxylic acids is 2. The summed E-state index contributed by atoms with van der Waals surface area (Å²) in [5, 5.41) is 3.06. The highest BCUT2D eigenvalue weighted by Crippen LogP contribution is 2.48. The molecule has 238 valence electrons. The second-order valence-corrected chi connectivity index (χ2v) is 13.9. The lowest BCUT2D eigenvalue weighted by atomic mass is 9.84. The minimum atomic E-state index is -0.898. The number of thioether (sulfide) groups is 2. The monoisotopic (exact) mass is 671 g/mol. The van der Waals surface area contributed by atoms with Crippen molar-refractivity contribution in [2.24, 2.45) is 0 Å². The average molecular weight is 672 g/mol. The summed E-state index contributed by atoms with van der Waals surface area (Å²) in [5.41, 5.74) is 4.10. The number of aromatic amines is 1. The number of imidazole rings is 1. The van der Waals surface area contributed by atoms with Crippen molar-refractivity contribution < 1.29 is 14.3 Å². The van der Waals surface area contributed by atoms with Crippen molar-refractivity contribution in [3.63, 3.8) is 0 Å². The first-order chi connectivity index (χ1) is 21.9. The molecule has 46 heavy (non-hydrogen) atoms. The minimum Gasteiger partial charge on any atom is -0.459 e. The third kappa shape index (κ3) is 8.63. The predicted octanol–water partition coefficient (Wildman–Crippen LogP) is 7.80. The van der Waals surface area contributed by atoms with Crippen LogP contribution >= 0.6 is 35.9 Å². The number of halogens is 1. The smallest absolute Gasteiger partial charge is 0.329 e. The molecule has 5 aromatic rings. The van der Waals surface area contributed by atoms with Crippen LogP contribution in [0, 0.1) is 0 Å². The van der Waals surface area contributed by atoms with Crippen molar-refractivity contribution in [1.29, 1.82) is 0 Å². The summed E-state index contributed by atoms with van der Waals surface area (Å²) in [6.45, 7) is 3.84. The van der Waals surface area contributed by atoms with Gasteiger partial charge in [-0.15, -0.1) is 35.9 Å². The van der Waals surface area contributed by atoms with Crippen LogP contribution in [-0.4, -0.2) is 38.4 Å². The lowest BCUT2D eigenvalue weighted by molar-refractivity contribution is -0.148. The van der Waals surface area contributed by atoms with E-state index >= 15 is 0 Å². The number of nitrogens with zero attached hydrogens (tertiary/aromatic N) is 1. The van der Waals surface area contributed by atoms with Crippen molar-refractivity contribution >= 4 is 47.8 Å². The van der Waals surface area contributed by atoms with Crippen LogP contribution < -0.4 is 5.32 Å². The van der Waals surface area contributed by atoms with Gasteiger partial charge < -0.3 is 15.0 Å². The van der Waals surface area contributed by atoms with Gasteiger partial charge in [-0.1, -0.05) is 121 Å². The maximum Gasteiger partial charge on any atom is 0.329 e. The summed E-state index contributed by atoms with van der Waals surface area (Å²) in [7, 11) is 0. The zero-order valence-electron chi connectivity index (χ0n) is 25.8. The number of ether oxygens (including phenoxy) is 1. The number of nitrogens with one attached hydrogen (secondary N) is 2. The summed E-state index contributed by atoms with van der Waals surface area (Å²) in [5.74, 6) is 0.871. The molecule has 0 bridgehead atoms. The van der Waals surface area contributed by atoms with Crippen molar-refractivity contribution in [3.8, 4) is 0 Å². The Balaban J connectivity index is 0.00000480. The van der Waals surface area contributed by atoms with E-state index in [1.165, 1.54) is 11.8 Å². The van der Waals surface area contributed by atoms with Gasteiger partial charge in [-0.25, -0.2) is 9.78 Å². The van der Waals surface area contributed by atoms with E-state index in [9.17, 15) is 9.59 Å². The van der Waals surface area contributed by atoms with Crippen LogP contribution in [0.4, 0.5) is 0 Å². The van der Waals surface area contributed by atoms with Crippen molar-refractivity contribution in [1.82, 2.24) is 15.3 Å². The Morgan fingerprint density at radius 2 is 1.28 bits per heavy atom. The Morgan fingerprint density at radius 3 is 1.76 bits per heavy atom. The quantitative estimate of drug-likeness (QED) is 0.0926. The van der Waals surface area contributed by atoms with Crippen LogP contribution in [0.3, 0.4) is 0 Å². The zero-order valence-corrected chi connectivity index (χ0v) is 28.2. The van der Waals surface area contributed by atoms with Crippen LogP contribution in [0.1, 0.15) is 41.9 Å². The summed E-state index contributed by atoms with van der Waals surface area (Å²) in [6, 6.07) is 39.5. The molecule has 2 N–H and O–H groups in total. The third-order valence-corrected chi connectivity index (χ3v) is 10.5. The number of carbonyl (C=O) groups is 2. The molecule has 1 atom stereocenters. The molecule has 0 aliphatic carbocycles. The summed E-state index contributed by atoms with van der Waals surface area (Å²) < 4.78 is 4.33. The van der Waals surface area contributed by atoms with Gasteiger partial charge in [-0.2, -0.15) is 0 Å². The van der Waals surface area contributed by atoms with Gasteiger partial charge in [0.1, 0.15) is 18.5 Å². The van der Waals surface area contributed by atoms with Gasteiger partial charge in [-0.05, 0) is 36.1 Å². The maximum atomic E-state index is 13.8. The molecular formula is C37H38ClN3O3S2. The second-order valence-electron chi connectivity index (χ2n) is 11.0. The van der Waals surface area contributed by atoms with Crippen LogP contribution in [-0.2, 0) is 31.4 Å². The molecule has 0 saturated heterocycles. The number of hydrogen-bond donors (Lipinski definition) is 2. The Morgan fingerprint density at radius 1 is 0.783 bits per heavy atom. The normalized spacial score (nSPS) is 12.0. The molecule has 0 spiro atoms. The fourth-order valence-corrected chi connectivity index (χ4v) is 7.39. The van der Waals surface area contributed by atoms with E-state index < -0.39 is 21.5 Å². The van der Waals surface area contributed by atoms with Gasteiger partial charge >= 0.3 is 5.97 Å². The van der Waals surface area contributed by atoms with Gasteiger partial charge in [0.05, 0.1) is 15.2 Å². The van der Waals surface area contributed by atoms with Crippen LogP contribution in [0.5, 0.6) is 0 Å². The van der Waals surface area contributed by atoms with Gasteiger partial charge in [0.15, 0.2) is 0 Å². The highest BCUT2D eigenvalue weighted by Gasteiger charge is 2.40. The standard InChI is InChI=1S/C37H37N3O3S2.ClH/c1-36(2,44-27-33-38-23-24-39-33)35(42)40-32(34(41)43-25-28-15-7-3-8-16-28)26-45-37(29-17-9-4-10-18-29,30-19-11-5-12-20-30)31-21-13-6-14-22-31;/h3-24,32H,25-27H2,1-2H3,(H,38,39)(H,40,42);1H/t32-;/m0./s1. The molecule has 0 unspecified atom stereocenters. The SMILES string of the molecule is CC(C)(SCc1ncc[nH]1)C(=O)N[C@@H](CSC(c1ccccc1)(c1ccccc1)c1ccccc1)C(=O)OCc1ccccc1.Cl. The lowest BCUT2D eigenvalue weighted by Gasteiger charge is -2.36. The third-order valence-electron chi connectivity index (χ3n) is 7.49. The number of amides is 1. The first-order valence-electron chi connectivity index (χ1n) is 14.8. The molecule has 0 radical (unpaired) electrons. The number of rotatable bonds is 14. The van der Waals surface area contributed by atoms with E-state index in [1.807, 2.05) is 98.8 Å². The maximum absolute atomic E-state index is 13.8. The topological polar surface area (TPSA) is 84.1 Å². The van der Waals surface area contributed by atoms with Crippen molar-refractivity contribution in [3.05, 3.63) is 162 Å². The first kappa shape index (κ1) is 34.9. The summed E-state index contributed by atoms with van der Waals surface area (Å²) in [6.07, 6.45) is 3.45. The Hall–Kier alpha value is -3.98. The van der Waals surface area contributed by atoms with Crippen molar-refractivity contribution in [2.45, 2.75) is 41.7 Å². The molecule has 1 amide bonds. The average Bonchev–Trinajstić information content (AvgIpc) is 3.62. The molecular weight excluding hydrogens is 634 g/mol. The Kier molecular flexibility index (Phi) is 12.5. The number of hydrogen-bond acceptors (Lipinski definition) is 6. The largest absolute Gasteiger partial charge is 0.459 e. The van der Waals surface area contributed by atoms with Gasteiger partial charge in [0.2, 0.25) is 5.91 Å². The molecule has 9 heteroatoms. The van der Waals surface area contributed by atoms with Gasteiger partial charge in [-0.3, -0.25) is 4.79 Å². The van der Waals surface area contributed by atoms with E-state index in [4.69, 9.17) is 4.74 Å². The van der Waals surface area contributed by atoms with Crippen LogP contribution in [0.2, 0.25) is 0 Å². The highest BCUT2D eigenvalue weighted by molar-refractivity contribution is 8.01. The zero-order chi connectivity index (χ0) is 31.5. The summed E-state index contributed by atoms with van der Waals surface area (Å²) >= 11 is 3.07. The number of aromatic nitrogens is 2.